The molecule has 0 N–H and O–H groups in total. The van der Waals surface area contributed by atoms with Crippen LogP contribution < -0.4 is 14.5 Å². The van der Waals surface area contributed by atoms with Crippen molar-refractivity contribution >= 4 is 23.4 Å². The summed E-state index contributed by atoms with van der Waals surface area (Å²) in [4.78, 5) is 26.3. The van der Waals surface area contributed by atoms with Crippen LogP contribution in [0, 0.1) is 0 Å². The fourth-order valence-corrected chi connectivity index (χ4v) is 2.25. The van der Waals surface area contributed by atoms with Gasteiger partial charge in [-0.2, -0.15) is 0 Å². The molecule has 2 amide bonds. The van der Waals surface area contributed by atoms with Gasteiger partial charge in [0.15, 0.2) is 6.61 Å². The van der Waals surface area contributed by atoms with Gasteiger partial charge < -0.3 is 14.4 Å². The Labute approximate surface area is 110 Å². The van der Waals surface area contributed by atoms with Gasteiger partial charge >= 0.3 is 6.09 Å². The van der Waals surface area contributed by atoms with Gasteiger partial charge in [0.1, 0.15) is 11.9 Å². The summed E-state index contributed by atoms with van der Waals surface area (Å²) < 4.78 is 10.5. The highest BCUT2D eigenvalue weighted by atomic mass is 16.6. The van der Waals surface area contributed by atoms with E-state index in [-0.39, 0.29) is 24.7 Å². The molecule has 0 aliphatic carbocycles. The van der Waals surface area contributed by atoms with Gasteiger partial charge in [0.2, 0.25) is 0 Å². The van der Waals surface area contributed by atoms with Gasteiger partial charge in [0.25, 0.3) is 5.91 Å². The summed E-state index contributed by atoms with van der Waals surface area (Å²) in [5, 5.41) is 0. The maximum absolute atomic E-state index is 11.7. The van der Waals surface area contributed by atoms with E-state index in [9.17, 15) is 9.59 Å². The molecule has 6 nitrogen and oxygen atoms in total. The molecule has 3 rings (SSSR count). The van der Waals surface area contributed by atoms with Crippen molar-refractivity contribution in [2.24, 2.45) is 0 Å². The van der Waals surface area contributed by atoms with Crippen molar-refractivity contribution in [1.82, 2.24) is 0 Å². The van der Waals surface area contributed by atoms with E-state index in [1.807, 2.05) is 6.92 Å². The number of anilines is 2. The molecule has 0 radical (unpaired) electrons. The number of hydrogen-bond donors (Lipinski definition) is 0. The number of nitrogens with zero attached hydrogens (tertiary/aromatic N) is 2. The number of amides is 2. The maximum Gasteiger partial charge on any atom is 0.414 e. The highest BCUT2D eigenvalue weighted by Crippen LogP contribution is 2.35. The van der Waals surface area contributed by atoms with E-state index in [1.54, 1.807) is 35.0 Å². The SMILES string of the molecule is CC1CN(c2ccc3c(c2)OCC(=O)N3C)C(=O)O1. The van der Waals surface area contributed by atoms with Gasteiger partial charge in [-0.1, -0.05) is 0 Å². The van der Waals surface area contributed by atoms with Crippen molar-refractivity contribution in [3.05, 3.63) is 18.2 Å². The third-order valence-electron chi connectivity index (χ3n) is 3.30. The highest BCUT2D eigenvalue weighted by Gasteiger charge is 2.31. The second-order valence-electron chi connectivity index (χ2n) is 4.70. The standard InChI is InChI=1S/C13H14N2O4/c1-8-6-15(13(17)19-8)9-3-4-10-11(5-9)18-7-12(16)14(10)2/h3-5,8H,6-7H2,1-2H3. The molecular weight excluding hydrogens is 248 g/mol. The van der Waals surface area contributed by atoms with E-state index >= 15 is 0 Å². The molecular formula is C13H14N2O4. The minimum Gasteiger partial charge on any atom is -0.481 e. The summed E-state index contributed by atoms with van der Waals surface area (Å²) in [5.41, 5.74) is 1.43. The first-order valence-corrected chi connectivity index (χ1v) is 6.08. The van der Waals surface area contributed by atoms with Crippen LogP contribution in [0.25, 0.3) is 0 Å². The summed E-state index contributed by atoms with van der Waals surface area (Å²) in [6.07, 6.45) is -0.471. The largest absolute Gasteiger partial charge is 0.481 e. The molecule has 1 aromatic rings. The lowest BCUT2D eigenvalue weighted by Gasteiger charge is -2.27. The molecule has 6 heteroatoms. The molecule has 0 bridgehead atoms. The number of benzene rings is 1. The van der Waals surface area contributed by atoms with Gasteiger partial charge in [-0.15, -0.1) is 0 Å². The summed E-state index contributed by atoms with van der Waals surface area (Å²) in [6.45, 7) is 2.39. The third-order valence-corrected chi connectivity index (χ3v) is 3.30. The first-order valence-electron chi connectivity index (χ1n) is 6.08. The second-order valence-corrected chi connectivity index (χ2v) is 4.70. The average molecular weight is 262 g/mol. The molecule has 2 aliphatic rings. The summed E-state index contributed by atoms with van der Waals surface area (Å²) >= 11 is 0. The first kappa shape index (κ1) is 11.8. The van der Waals surface area contributed by atoms with Gasteiger partial charge in [0.05, 0.1) is 17.9 Å². The normalized spacial score (nSPS) is 22.1. The van der Waals surface area contributed by atoms with E-state index in [4.69, 9.17) is 9.47 Å². The molecule has 1 aromatic carbocycles. The zero-order valence-corrected chi connectivity index (χ0v) is 10.8. The summed E-state index contributed by atoms with van der Waals surface area (Å²) in [7, 11) is 1.70. The zero-order valence-electron chi connectivity index (χ0n) is 10.8. The number of hydrogen-bond acceptors (Lipinski definition) is 4. The van der Waals surface area contributed by atoms with Crippen molar-refractivity contribution in [1.29, 1.82) is 0 Å². The lowest BCUT2D eigenvalue weighted by atomic mass is 10.2. The van der Waals surface area contributed by atoms with Crippen LogP contribution in [0.5, 0.6) is 5.75 Å². The monoisotopic (exact) mass is 262 g/mol. The van der Waals surface area contributed by atoms with Crippen molar-refractivity contribution in [2.45, 2.75) is 13.0 Å². The first-order chi connectivity index (χ1) is 9.06. The fraction of sp³-hybridized carbons (Fsp3) is 0.385. The van der Waals surface area contributed by atoms with Crippen LogP contribution in [0.3, 0.4) is 0 Å². The minimum atomic E-state index is -0.354. The highest BCUT2D eigenvalue weighted by molar-refractivity contribution is 5.98. The molecule has 100 valence electrons. The quantitative estimate of drug-likeness (QED) is 0.767. The zero-order chi connectivity index (χ0) is 13.6. The molecule has 0 aromatic heterocycles. The Balaban J connectivity index is 1.94. The van der Waals surface area contributed by atoms with Crippen LogP contribution >= 0.6 is 0 Å². The Hall–Kier alpha value is -2.24. The Morgan fingerprint density at radius 2 is 2.11 bits per heavy atom. The summed E-state index contributed by atoms with van der Waals surface area (Å²) in [6, 6.07) is 5.33. The maximum atomic E-state index is 11.7. The Morgan fingerprint density at radius 3 is 2.79 bits per heavy atom. The van der Waals surface area contributed by atoms with Crippen molar-refractivity contribution in [2.75, 3.05) is 30.0 Å². The predicted molar refractivity (Wildman–Crippen MR) is 68.6 cm³/mol. The van der Waals surface area contributed by atoms with Crippen molar-refractivity contribution < 1.29 is 19.1 Å². The van der Waals surface area contributed by atoms with Gasteiger partial charge in [-0.25, -0.2) is 4.79 Å². The number of cyclic esters (lactones) is 1. The van der Waals surface area contributed by atoms with Crippen LogP contribution in [0.2, 0.25) is 0 Å². The lowest BCUT2D eigenvalue weighted by Crippen LogP contribution is -2.35. The van der Waals surface area contributed by atoms with Crippen LogP contribution in [-0.2, 0) is 9.53 Å². The van der Waals surface area contributed by atoms with Crippen molar-refractivity contribution in [3.8, 4) is 5.75 Å². The third kappa shape index (κ3) is 1.89. The van der Waals surface area contributed by atoms with E-state index in [0.717, 1.165) is 5.69 Å². The fourth-order valence-electron chi connectivity index (χ4n) is 2.25. The van der Waals surface area contributed by atoms with E-state index in [1.165, 1.54) is 0 Å². The van der Waals surface area contributed by atoms with Crippen LogP contribution in [0.1, 0.15) is 6.92 Å². The lowest BCUT2D eigenvalue weighted by molar-refractivity contribution is -0.120. The molecule has 2 aliphatic heterocycles. The molecule has 1 fully saturated rings. The number of carbonyl (C=O) groups is 2. The molecule has 1 unspecified atom stereocenters. The molecule has 1 saturated heterocycles. The van der Waals surface area contributed by atoms with Crippen LogP contribution in [0.15, 0.2) is 18.2 Å². The average Bonchev–Trinajstić information content (AvgIpc) is 2.73. The Morgan fingerprint density at radius 1 is 1.32 bits per heavy atom. The molecule has 1 atom stereocenters. The van der Waals surface area contributed by atoms with Gasteiger partial charge in [-0.05, 0) is 19.1 Å². The van der Waals surface area contributed by atoms with Gasteiger partial charge in [0, 0.05) is 13.1 Å². The minimum absolute atomic E-state index is 0.0216. The topological polar surface area (TPSA) is 59.1 Å². The number of carbonyl (C=O) groups excluding carboxylic acids is 2. The molecule has 19 heavy (non-hydrogen) atoms. The van der Waals surface area contributed by atoms with Crippen LogP contribution in [0.4, 0.5) is 16.2 Å². The van der Waals surface area contributed by atoms with E-state index in [2.05, 4.69) is 0 Å². The molecule has 0 saturated carbocycles. The Bertz CT molecular complexity index is 558. The van der Waals surface area contributed by atoms with Crippen molar-refractivity contribution in [3.63, 3.8) is 0 Å². The summed E-state index contributed by atoms with van der Waals surface area (Å²) in [5.74, 6) is 0.515. The van der Waals surface area contributed by atoms with Gasteiger partial charge in [-0.3, -0.25) is 9.69 Å². The number of ether oxygens (including phenoxy) is 2. The number of likely N-dealkylation sites (N-methyl/N-ethyl adjacent to an activating group) is 1. The smallest absolute Gasteiger partial charge is 0.414 e. The number of rotatable bonds is 1. The van der Waals surface area contributed by atoms with E-state index < -0.39 is 0 Å². The van der Waals surface area contributed by atoms with Crippen LogP contribution in [-0.4, -0.2) is 38.3 Å². The Kier molecular flexibility index (Phi) is 2.58. The second kappa shape index (κ2) is 4.15. The van der Waals surface area contributed by atoms with E-state index in [0.29, 0.717) is 18.0 Å². The molecule has 0 spiro atoms. The molecule has 2 heterocycles. The predicted octanol–water partition coefficient (Wildman–Crippen LogP) is 1.39. The number of fused-ring (bicyclic) bond motifs is 1.